The maximum atomic E-state index is 11.7. The fourth-order valence-electron chi connectivity index (χ4n) is 3.63. The second kappa shape index (κ2) is 7.94. The standard InChI is InChI=1S/C22H25N5O/c1-16-5-3-8-20(23-16)27-11-9-26(10-12-27)15-18-6-4-7-19(14-18)22-24-17(2)13-21(28)25-22/h3-8,13-14H,9-12,15H2,1-2H3,(H,24,25,28). The lowest BCUT2D eigenvalue weighted by Crippen LogP contribution is -2.46. The maximum Gasteiger partial charge on any atom is 0.251 e. The number of hydrogen-bond donors (Lipinski definition) is 1. The van der Waals surface area contributed by atoms with Crippen molar-refractivity contribution < 1.29 is 0 Å². The van der Waals surface area contributed by atoms with Crippen LogP contribution in [0.1, 0.15) is 17.0 Å². The molecule has 6 heteroatoms. The number of nitrogens with one attached hydrogen (secondary N) is 1. The van der Waals surface area contributed by atoms with Gasteiger partial charge in [-0.05, 0) is 37.6 Å². The van der Waals surface area contributed by atoms with Crippen LogP contribution in [0.4, 0.5) is 5.82 Å². The van der Waals surface area contributed by atoms with E-state index in [1.807, 2.05) is 32.0 Å². The molecule has 1 aliphatic heterocycles. The van der Waals surface area contributed by atoms with E-state index in [4.69, 9.17) is 0 Å². The Balaban J connectivity index is 1.42. The van der Waals surface area contributed by atoms with Crippen LogP contribution in [-0.4, -0.2) is 46.0 Å². The molecule has 1 fully saturated rings. The third kappa shape index (κ3) is 4.28. The number of aromatic nitrogens is 3. The Morgan fingerprint density at radius 3 is 2.46 bits per heavy atom. The van der Waals surface area contributed by atoms with Gasteiger partial charge in [0.1, 0.15) is 11.6 Å². The van der Waals surface area contributed by atoms with Crippen LogP contribution in [0.3, 0.4) is 0 Å². The molecular formula is C22H25N5O. The Hall–Kier alpha value is -2.99. The zero-order valence-corrected chi connectivity index (χ0v) is 16.4. The monoisotopic (exact) mass is 375 g/mol. The number of piperazine rings is 1. The van der Waals surface area contributed by atoms with E-state index in [1.165, 1.54) is 11.6 Å². The summed E-state index contributed by atoms with van der Waals surface area (Å²) >= 11 is 0. The van der Waals surface area contributed by atoms with Crippen LogP contribution in [-0.2, 0) is 6.54 Å². The van der Waals surface area contributed by atoms with E-state index >= 15 is 0 Å². The third-order valence-electron chi connectivity index (χ3n) is 5.05. The van der Waals surface area contributed by atoms with Gasteiger partial charge in [-0.3, -0.25) is 9.69 Å². The molecule has 4 rings (SSSR count). The number of benzene rings is 1. The molecule has 6 nitrogen and oxygen atoms in total. The first-order valence-corrected chi connectivity index (χ1v) is 9.65. The van der Waals surface area contributed by atoms with Gasteiger partial charge in [-0.1, -0.05) is 24.3 Å². The van der Waals surface area contributed by atoms with Gasteiger partial charge in [-0.15, -0.1) is 0 Å². The van der Waals surface area contributed by atoms with Crippen LogP contribution in [0.15, 0.2) is 53.3 Å². The highest BCUT2D eigenvalue weighted by Crippen LogP contribution is 2.19. The minimum Gasteiger partial charge on any atom is -0.354 e. The fraction of sp³-hybridized carbons (Fsp3) is 0.318. The van der Waals surface area contributed by atoms with Gasteiger partial charge >= 0.3 is 0 Å². The van der Waals surface area contributed by atoms with Gasteiger partial charge in [-0.2, -0.15) is 0 Å². The first-order valence-electron chi connectivity index (χ1n) is 9.65. The summed E-state index contributed by atoms with van der Waals surface area (Å²) < 4.78 is 0. The molecule has 0 aliphatic carbocycles. The molecule has 0 saturated carbocycles. The SMILES string of the molecule is Cc1cccc(N2CCN(Cc3cccc(-c4nc(C)cc(=O)[nH]4)c3)CC2)n1. The van der Waals surface area contributed by atoms with Gasteiger partial charge < -0.3 is 9.88 Å². The predicted molar refractivity (Wildman–Crippen MR) is 111 cm³/mol. The van der Waals surface area contributed by atoms with Crippen molar-refractivity contribution in [2.45, 2.75) is 20.4 Å². The van der Waals surface area contributed by atoms with E-state index < -0.39 is 0 Å². The van der Waals surface area contributed by atoms with Crippen molar-refractivity contribution in [3.05, 3.63) is 75.8 Å². The van der Waals surface area contributed by atoms with E-state index in [9.17, 15) is 4.79 Å². The molecule has 0 amide bonds. The van der Waals surface area contributed by atoms with E-state index in [0.29, 0.717) is 5.82 Å². The summed E-state index contributed by atoms with van der Waals surface area (Å²) in [5.74, 6) is 1.69. The topological polar surface area (TPSA) is 65.1 Å². The van der Waals surface area contributed by atoms with E-state index in [0.717, 1.165) is 55.5 Å². The fourth-order valence-corrected chi connectivity index (χ4v) is 3.63. The molecule has 0 bridgehead atoms. The summed E-state index contributed by atoms with van der Waals surface area (Å²) in [5, 5.41) is 0. The van der Waals surface area contributed by atoms with E-state index in [2.05, 4.69) is 49.0 Å². The molecule has 144 valence electrons. The number of aromatic amines is 1. The molecule has 0 unspecified atom stereocenters. The Bertz CT molecular complexity index is 1020. The van der Waals surface area contributed by atoms with Gasteiger partial charge in [0.25, 0.3) is 5.56 Å². The summed E-state index contributed by atoms with van der Waals surface area (Å²) in [6.45, 7) is 8.71. The molecule has 1 aliphatic rings. The number of pyridine rings is 1. The van der Waals surface area contributed by atoms with Gasteiger partial charge in [0, 0.05) is 55.7 Å². The van der Waals surface area contributed by atoms with E-state index in [1.54, 1.807) is 0 Å². The first-order chi connectivity index (χ1) is 13.6. The predicted octanol–water partition coefficient (Wildman–Crippen LogP) is 2.77. The molecule has 0 atom stereocenters. The number of hydrogen-bond acceptors (Lipinski definition) is 5. The highest BCUT2D eigenvalue weighted by Gasteiger charge is 2.18. The van der Waals surface area contributed by atoms with E-state index in [-0.39, 0.29) is 5.56 Å². The van der Waals surface area contributed by atoms with Crippen LogP contribution >= 0.6 is 0 Å². The van der Waals surface area contributed by atoms with Crippen molar-refractivity contribution in [1.82, 2.24) is 19.9 Å². The Morgan fingerprint density at radius 1 is 0.929 bits per heavy atom. The Morgan fingerprint density at radius 2 is 1.71 bits per heavy atom. The van der Waals surface area contributed by atoms with Crippen molar-refractivity contribution in [2.24, 2.45) is 0 Å². The van der Waals surface area contributed by atoms with Gasteiger partial charge in [0.2, 0.25) is 0 Å². The summed E-state index contributed by atoms with van der Waals surface area (Å²) in [7, 11) is 0. The largest absolute Gasteiger partial charge is 0.354 e. The highest BCUT2D eigenvalue weighted by molar-refractivity contribution is 5.56. The zero-order valence-electron chi connectivity index (χ0n) is 16.4. The quantitative estimate of drug-likeness (QED) is 0.760. The van der Waals surface area contributed by atoms with Gasteiger partial charge in [-0.25, -0.2) is 9.97 Å². The average molecular weight is 375 g/mol. The van der Waals surface area contributed by atoms with Gasteiger partial charge in [0.15, 0.2) is 0 Å². The summed E-state index contributed by atoms with van der Waals surface area (Å²) in [6, 6.07) is 16.0. The van der Waals surface area contributed by atoms with Crippen LogP contribution in [0.25, 0.3) is 11.4 Å². The van der Waals surface area contributed by atoms with Crippen LogP contribution < -0.4 is 10.5 Å². The summed E-state index contributed by atoms with van der Waals surface area (Å²) in [6.07, 6.45) is 0. The number of nitrogens with zero attached hydrogens (tertiary/aromatic N) is 4. The lowest BCUT2D eigenvalue weighted by molar-refractivity contribution is 0.249. The van der Waals surface area contributed by atoms with Crippen molar-refractivity contribution >= 4 is 5.82 Å². The van der Waals surface area contributed by atoms with Crippen molar-refractivity contribution in [3.63, 3.8) is 0 Å². The minimum absolute atomic E-state index is 0.117. The number of rotatable bonds is 4. The minimum atomic E-state index is -0.117. The number of anilines is 1. The molecular weight excluding hydrogens is 350 g/mol. The molecule has 2 aromatic heterocycles. The smallest absolute Gasteiger partial charge is 0.251 e. The Kier molecular flexibility index (Phi) is 5.21. The van der Waals surface area contributed by atoms with Crippen LogP contribution in [0.5, 0.6) is 0 Å². The molecule has 0 spiro atoms. The molecule has 3 aromatic rings. The van der Waals surface area contributed by atoms with Crippen molar-refractivity contribution in [3.8, 4) is 11.4 Å². The number of H-pyrrole nitrogens is 1. The average Bonchev–Trinajstić information content (AvgIpc) is 2.68. The Labute approximate surface area is 164 Å². The summed E-state index contributed by atoms with van der Waals surface area (Å²) in [4.78, 5) is 28.5. The lowest BCUT2D eigenvalue weighted by Gasteiger charge is -2.35. The third-order valence-corrected chi connectivity index (χ3v) is 5.05. The molecule has 28 heavy (non-hydrogen) atoms. The molecule has 3 heterocycles. The summed E-state index contributed by atoms with van der Waals surface area (Å²) in [5.41, 5.74) is 3.84. The van der Waals surface area contributed by atoms with Crippen LogP contribution in [0, 0.1) is 13.8 Å². The normalized spacial score (nSPS) is 15.0. The van der Waals surface area contributed by atoms with Gasteiger partial charge in [0.05, 0.1) is 0 Å². The molecule has 1 saturated heterocycles. The lowest BCUT2D eigenvalue weighted by atomic mass is 10.1. The molecule has 1 aromatic carbocycles. The first kappa shape index (κ1) is 18.4. The number of aryl methyl sites for hydroxylation is 2. The van der Waals surface area contributed by atoms with Crippen molar-refractivity contribution in [2.75, 3.05) is 31.1 Å². The van der Waals surface area contributed by atoms with Crippen LogP contribution in [0.2, 0.25) is 0 Å². The highest BCUT2D eigenvalue weighted by atomic mass is 16.1. The molecule has 0 radical (unpaired) electrons. The van der Waals surface area contributed by atoms with Crippen molar-refractivity contribution in [1.29, 1.82) is 0 Å². The molecule has 1 N–H and O–H groups in total. The maximum absolute atomic E-state index is 11.7. The second-order valence-electron chi connectivity index (χ2n) is 7.34. The second-order valence-corrected chi connectivity index (χ2v) is 7.34. The zero-order chi connectivity index (χ0) is 19.5.